The lowest BCUT2D eigenvalue weighted by atomic mass is 10.1. The molecular formula is C12H18N2OS. The van der Waals surface area contributed by atoms with Crippen molar-refractivity contribution in [3.63, 3.8) is 0 Å². The van der Waals surface area contributed by atoms with Gasteiger partial charge in [0.25, 0.3) is 0 Å². The van der Waals surface area contributed by atoms with Crippen LogP contribution in [0.2, 0.25) is 0 Å². The van der Waals surface area contributed by atoms with Crippen LogP contribution in [-0.2, 0) is 11.2 Å². The van der Waals surface area contributed by atoms with E-state index in [2.05, 4.69) is 10.6 Å². The summed E-state index contributed by atoms with van der Waals surface area (Å²) in [4.78, 5) is 12.8. The van der Waals surface area contributed by atoms with Gasteiger partial charge in [0, 0.05) is 23.4 Å². The molecule has 1 aromatic heterocycles. The number of rotatable bonds is 6. The maximum Gasteiger partial charge on any atom is 0.225 e. The van der Waals surface area contributed by atoms with Crippen LogP contribution < -0.4 is 10.6 Å². The van der Waals surface area contributed by atoms with Crippen molar-refractivity contribution in [2.24, 2.45) is 5.41 Å². The van der Waals surface area contributed by atoms with Gasteiger partial charge in [0.15, 0.2) is 0 Å². The van der Waals surface area contributed by atoms with E-state index < -0.39 is 0 Å². The minimum atomic E-state index is 0.143. The zero-order valence-electron chi connectivity index (χ0n) is 9.58. The summed E-state index contributed by atoms with van der Waals surface area (Å²) in [5.41, 5.74) is 0.347. The molecule has 1 aromatic rings. The van der Waals surface area contributed by atoms with Gasteiger partial charge in [0.1, 0.15) is 0 Å². The Kier molecular flexibility index (Phi) is 3.61. The van der Waals surface area contributed by atoms with Gasteiger partial charge in [0.05, 0.1) is 6.42 Å². The van der Waals surface area contributed by atoms with Gasteiger partial charge >= 0.3 is 0 Å². The summed E-state index contributed by atoms with van der Waals surface area (Å²) in [5.74, 6) is 0.143. The molecule has 1 aliphatic rings. The van der Waals surface area contributed by atoms with E-state index in [1.165, 1.54) is 12.8 Å². The molecule has 1 heterocycles. The number of hydrogen-bond donors (Lipinski definition) is 2. The molecule has 3 nitrogen and oxygen atoms in total. The second-order valence-electron chi connectivity index (χ2n) is 4.56. The molecule has 0 spiro atoms. The van der Waals surface area contributed by atoms with Crippen LogP contribution in [0.3, 0.4) is 0 Å². The molecule has 0 unspecified atom stereocenters. The topological polar surface area (TPSA) is 41.1 Å². The van der Waals surface area contributed by atoms with Crippen molar-refractivity contribution in [2.75, 3.05) is 20.1 Å². The first-order valence-electron chi connectivity index (χ1n) is 5.68. The van der Waals surface area contributed by atoms with E-state index in [0.29, 0.717) is 11.8 Å². The largest absolute Gasteiger partial charge is 0.355 e. The number of carbonyl (C=O) groups excluding carboxylic acids is 1. The van der Waals surface area contributed by atoms with Crippen molar-refractivity contribution in [2.45, 2.75) is 19.3 Å². The van der Waals surface area contributed by atoms with Crippen molar-refractivity contribution in [3.05, 3.63) is 22.4 Å². The Bertz CT molecular complexity index is 344. The summed E-state index contributed by atoms with van der Waals surface area (Å²) in [6, 6.07) is 3.99. The van der Waals surface area contributed by atoms with Gasteiger partial charge in [-0.25, -0.2) is 0 Å². The van der Waals surface area contributed by atoms with Crippen LogP contribution in [0, 0.1) is 5.41 Å². The maximum atomic E-state index is 11.7. The SMILES string of the molecule is CNCC1(CNC(=O)Cc2cccs2)CC1. The monoisotopic (exact) mass is 238 g/mol. The second kappa shape index (κ2) is 4.97. The lowest BCUT2D eigenvalue weighted by molar-refractivity contribution is -0.120. The Balaban J connectivity index is 1.72. The predicted octanol–water partition coefficient (Wildman–Crippen LogP) is 1.41. The lowest BCUT2D eigenvalue weighted by Crippen LogP contribution is -2.35. The van der Waals surface area contributed by atoms with Crippen molar-refractivity contribution in [3.8, 4) is 0 Å². The quantitative estimate of drug-likeness (QED) is 0.786. The Hall–Kier alpha value is -0.870. The molecule has 0 saturated heterocycles. The van der Waals surface area contributed by atoms with Crippen molar-refractivity contribution in [1.29, 1.82) is 0 Å². The molecule has 4 heteroatoms. The van der Waals surface area contributed by atoms with Crippen LogP contribution in [0.5, 0.6) is 0 Å². The van der Waals surface area contributed by atoms with Gasteiger partial charge in [-0.15, -0.1) is 11.3 Å². The number of carbonyl (C=O) groups is 1. The van der Waals surface area contributed by atoms with E-state index in [1.54, 1.807) is 11.3 Å². The highest BCUT2D eigenvalue weighted by Gasteiger charge is 2.41. The molecule has 1 aliphatic carbocycles. The lowest BCUT2D eigenvalue weighted by Gasteiger charge is -2.15. The minimum absolute atomic E-state index is 0.143. The highest BCUT2D eigenvalue weighted by molar-refractivity contribution is 7.10. The number of hydrogen-bond acceptors (Lipinski definition) is 3. The van der Waals surface area contributed by atoms with E-state index >= 15 is 0 Å². The zero-order valence-corrected chi connectivity index (χ0v) is 10.4. The first-order valence-corrected chi connectivity index (χ1v) is 6.56. The summed E-state index contributed by atoms with van der Waals surface area (Å²) >= 11 is 1.64. The van der Waals surface area contributed by atoms with Gasteiger partial charge in [-0.2, -0.15) is 0 Å². The number of nitrogens with one attached hydrogen (secondary N) is 2. The molecule has 2 rings (SSSR count). The number of amides is 1. The fourth-order valence-electron chi connectivity index (χ4n) is 1.89. The standard InChI is InChI=1S/C12H18N2OS/c1-13-8-12(4-5-12)9-14-11(15)7-10-3-2-6-16-10/h2-3,6,13H,4-5,7-9H2,1H3,(H,14,15). The van der Waals surface area contributed by atoms with Crippen LogP contribution in [-0.4, -0.2) is 26.0 Å². The normalized spacial score (nSPS) is 17.1. The zero-order chi connectivity index (χ0) is 11.4. The maximum absolute atomic E-state index is 11.7. The Morgan fingerprint density at radius 1 is 1.50 bits per heavy atom. The first-order chi connectivity index (χ1) is 7.74. The molecule has 0 radical (unpaired) electrons. The van der Waals surface area contributed by atoms with Crippen LogP contribution >= 0.6 is 11.3 Å². The summed E-state index contributed by atoms with van der Waals surface area (Å²) in [7, 11) is 1.97. The minimum Gasteiger partial charge on any atom is -0.355 e. The van der Waals surface area contributed by atoms with E-state index in [4.69, 9.17) is 0 Å². The summed E-state index contributed by atoms with van der Waals surface area (Å²) < 4.78 is 0. The van der Waals surface area contributed by atoms with Crippen LogP contribution in [0.15, 0.2) is 17.5 Å². The molecule has 1 fully saturated rings. The molecule has 0 aliphatic heterocycles. The molecule has 0 atom stereocenters. The van der Waals surface area contributed by atoms with Gasteiger partial charge in [0.2, 0.25) is 5.91 Å². The van der Waals surface area contributed by atoms with Crippen LogP contribution in [0.1, 0.15) is 17.7 Å². The molecule has 2 N–H and O–H groups in total. The summed E-state index contributed by atoms with van der Waals surface area (Å²) in [5, 5.41) is 8.23. The highest BCUT2D eigenvalue weighted by Crippen LogP contribution is 2.44. The predicted molar refractivity (Wildman–Crippen MR) is 66.6 cm³/mol. The first kappa shape index (κ1) is 11.6. The molecule has 1 amide bonds. The summed E-state index contributed by atoms with van der Waals surface area (Å²) in [6.45, 7) is 1.82. The van der Waals surface area contributed by atoms with Crippen molar-refractivity contribution in [1.82, 2.24) is 10.6 Å². The number of thiophene rings is 1. The van der Waals surface area contributed by atoms with Crippen molar-refractivity contribution < 1.29 is 4.79 Å². The van der Waals surface area contributed by atoms with Gasteiger partial charge in [-0.1, -0.05) is 6.07 Å². The van der Waals surface area contributed by atoms with E-state index in [1.807, 2.05) is 24.6 Å². The average molecular weight is 238 g/mol. The highest BCUT2D eigenvalue weighted by atomic mass is 32.1. The van der Waals surface area contributed by atoms with Crippen molar-refractivity contribution >= 4 is 17.2 Å². The van der Waals surface area contributed by atoms with Crippen LogP contribution in [0.25, 0.3) is 0 Å². The third kappa shape index (κ3) is 3.06. The molecule has 88 valence electrons. The van der Waals surface area contributed by atoms with Gasteiger partial charge < -0.3 is 10.6 Å². The third-order valence-electron chi connectivity index (χ3n) is 3.08. The molecule has 16 heavy (non-hydrogen) atoms. The van der Waals surface area contributed by atoms with E-state index in [-0.39, 0.29) is 5.91 Å². The van der Waals surface area contributed by atoms with Gasteiger partial charge in [-0.05, 0) is 31.3 Å². The Morgan fingerprint density at radius 3 is 2.88 bits per heavy atom. The third-order valence-corrected chi connectivity index (χ3v) is 3.96. The molecule has 0 bridgehead atoms. The smallest absolute Gasteiger partial charge is 0.225 e. The van der Waals surface area contributed by atoms with Gasteiger partial charge in [-0.3, -0.25) is 4.79 Å². The van der Waals surface area contributed by atoms with E-state index in [0.717, 1.165) is 18.0 Å². The Morgan fingerprint density at radius 2 is 2.31 bits per heavy atom. The molecular weight excluding hydrogens is 220 g/mol. The fourth-order valence-corrected chi connectivity index (χ4v) is 2.59. The summed E-state index contributed by atoms with van der Waals surface area (Å²) in [6.07, 6.45) is 2.98. The molecule has 1 saturated carbocycles. The van der Waals surface area contributed by atoms with Crippen LogP contribution in [0.4, 0.5) is 0 Å². The Labute approximate surface area is 100 Å². The fraction of sp³-hybridized carbons (Fsp3) is 0.583. The average Bonchev–Trinajstić information content (AvgIpc) is 2.83. The molecule has 0 aromatic carbocycles. The second-order valence-corrected chi connectivity index (χ2v) is 5.60. The van der Waals surface area contributed by atoms with E-state index in [9.17, 15) is 4.79 Å².